The van der Waals surface area contributed by atoms with Gasteiger partial charge < -0.3 is 10.2 Å². The van der Waals surface area contributed by atoms with Crippen LogP contribution in [-0.4, -0.2) is 4.57 Å². The molecule has 5 heteroatoms. The smallest absolute Gasteiger partial charge is 0.408 e. The number of nitrogens with zero attached hydrogens (tertiary/aromatic N) is 1. The number of rotatable bonds is 2. The SMILES string of the molecule is Cc1c(Cl)cccc1C(N)c1ccc2c(c1)oc(=O)n2C. The zero-order chi connectivity index (χ0) is 15.1. The Morgan fingerprint density at radius 3 is 2.81 bits per heavy atom. The maximum absolute atomic E-state index is 11.5. The number of aromatic nitrogens is 1. The summed E-state index contributed by atoms with van der Waals surface area (Å²) in [6.07, 6.45) is 0. The molecule has 0 saturated carbocycles. The lowest BCUT2D eigenvalue weighted by atomic mass is 9.95. The van der Waals surface area contributed by atoms with Gasteiger partial charge in [-0.05, 0) is 41.8 Å². The van der Waals surface area contributed by atoms with Crippen molar-refractivity contribution in [1.82, 2.24) is 4.57 Å². The molecular weight excluding hydrogens is 288 g/mol. The normalized spacial score (nSPS) is 12.8. The highest BCUT2D eigenvalue weighted by molar-refractivity contribution is 6.31. The molecule has 2 aromatic carbocycles. The molecule has 0 bridgehead atoms. The first kappa shape index (κ1) is 13.9. The molecule has 0 aliphatic rings. The van der Waals surface area contributed by atoms with E-state index in [0.29, 0.717) is 10.6 Å². The highest BCUT2D eigenvalue weighted by atomic mass is 35.5. The van der Waals surface area contributed by atoms with Crippen LogP contribution < -0.4 is 11.5 Å². The second-order valence-corrected chi connectivity index (χ2v) is 5.49. The Morgan fingerprint density at radius 1 is 1.29 bits per heavy atom. The first-order chi connectivity index (χ1) is 9.99. The summed E-state index contributed by atoms with van der Waals surface area (Å²) in [5.74, 6) is -0.380. The summed E-state index contributed by atoms with van der Waals surface area (Å²) in [5.41, 5.74) is 10.4. The summed E-state index contributed by atoms with van der Waals surface area (Å²) in [6, 6.07) is 10.9. The number of fused-ring (bicyclic) bond motifs is 1. The average Bonchev–Trinajstić information content (AvgIpc) is 2.76. The molecule has 0 amide bonds. The van der Waals surface area contributed by atoms with E-state index in [1.54, 1.807) is 7.05 Å². The first-order valence-electron chi connectivity index (χ1n) is 6.59. The maximum atomic E-state index is 11.5. The van der Waals surface area contributed by atoms with E-state index in [0.717, 1.165) is 22.2 Å². The molecule has 0 aliphatic heterocycles. The van der Waals surface area contributed by atoms with Crippen LogP contribution in [0.2, 0.25) is 5.02 Å². The first-order valence-corrected chi connectivity index (χ1v) is 6.97. The van der Waals surface area contributed by atoms with E-state index in [9.17, 15) is 4.79 Å². The molecule has 1 atom stereocenters. The van der Waals surface area contributed by atoms with E-state index in [2.05, 4.69) is 0 Å². The van der Waals surface area contributed by atoms with Gasteiger partial charge in [-0.15, -0.1) is 0 Å². The number of oxazole rings is 1. The fourth-order valence-corrected chi connectivity index (χ4v) is 2.67. The van der Waals surface area contributed by atoms with Gasteiger partial charge in [-0.1, -0.05) is 29.8 Å². The van der Waals surface area contributed by atoms with Gasteiger partial charge in [0, 0.05) is 12.1 Å². The Hall–Kier alpha value is -2.04. The molecule has 2 N–H and O–H groups in total. The van der Waals surface area contributed by atoms with Crippen LogP contribution in [0.3, 0.4) is 0 Å². The molecular formula is C16H15ClN2O2. The van der Waals surface area contributed by atoms with E-state index in [4.69, 9.17) is 21.8 Å². The Balaban J connectivity index is 2.11. The van der Waals surface area contributed by atoms with E-state index in [1.165, 1.54) is 4.57 Å². The molecule has 1 heterocycles. The third-order valence-electron chi connectivity index (χ3n) is 3.82. The van der Waals surface area contributed by atoms with E-state index in [1.807, 2.05) is 43.3 Å². The van der Waals surface area contributed by atoms with Crippen molar-refractivity contribution in [1.29, 1.82) is 0 Å². The van der Waals surface area contributed by atoms with E-state index < -0.39 is 0 Å². The number of aryl methyl sites for hydroxylation is 1. The van der Waals surface area contributed by atoms with Gasteiger partial charge in [-0.25, -0.2) is 4.79 Å². The number of benzene rings is 2. The summed E-state index contributed by atoms with van der Waals surface area (Å²) in [7, 11) is 1.68. The van der Waals surface area contributed by atoms with Gasteiger partial charge in [0.25, 0.3) is 0 Å². The fraction of sp³-hybridized carbons (Fsp3) is 0.188. The molecule has 0 radical (unpaired) electrons. The summed E-state index contributed by atoms with van der Waals surface area (Å²) in [6.45, 7) is 1.94. The van der Waals surface area contributed by atoms with Crippen molar-refractivity contribution in [2.45, 2.75) is 13.0 Å². The second kappa shape index (κ2) is 5.06. The number of hydrogen-bond donors (Lipinski definition) is 1. The van der Waals surface area contributed by atoms with Gasteiger partial charge in [0.2, 0.25) is 0 Å². The summed E-state index contributed by atoms with van der Waals surface area (Å²) in [4.78, 5) is 11.5. The third kappa shape index (κ3) is 2.26. The van der Waals surface area contributed by atoms with Crippen LogP contribution in [0.1, 0.15) is 22.7 Å². The fourth-order valence-electron chi connectivity index (χ4n) is 2.48. The zero-order valence-corrected chi connectivity index (χ0v) is 12.5. The van der Waals surface area contributed by atoms with Crippen molar-refractivity contribution >= 4 is 22.7 Å². The predicted molar refractivity (Wildman–Crippen MR) is 83.7 cm³/mol. The molecule has 1 aromatic heterocycles. The van der Waals surface area contributed by atoms with Crippen LogP contribution in [0.4, 0.5) is 0 Å². The molecule has 3 rings (SSSR count). The summed E-state index contributed by atoms with van der Waals surface area (Å²) in [5, 5.41) is 0.690. The van der Waals surface area contributed by atoms with Crippen LogP contribution in [0.25, 0.3) is 11.1 Å². The van der Waals surface area contributed by atoms with Crippen molar-refractivity contribution in [3.8, 4) is 0 Å². The second-order valence-electron chi connectivity index (χ2n) is 5.09. The lowest BCUT2D eigenvalue weighted by molar-refractivity contribution is 0.527. The number of nitrogens with two attached hydrogens (primary N) is 1. The van der Waals surface area contributed by atoms with Gasteiger partial charge in [0.05, 0.1) is 11.6 Å². The minimum absolute atomic E-state index is 0.321. The quantitative estimate of drug-likeness (QED) is 0.791. The Kier molecular flexibility index (Phi) is 3.35. The van der Waals surface area contributed by atoms with Gasteiger partial charge in [-0.3, -0.25) is 4.57 Å². The number of halogens is 1. The average molecular weight is 303 g/mol. The van der Waals surface area contributed by atoms with Crippen molar-refractivity contribution in [3.05, 3.63) is 68.7 Å². The monoisotopic (exact) mass is 302 g/mol. The Bertz CT molecular complexity index is 880. The largest absolute Gasteiger partial charge is 0.419 e. The molecule has 4 nitrogen and oxygen atoms in total. The van der Waals surface area contributed by atoms with Gasteiger partial charge in [0.1, 0.15) is 0 Å². The molecule has 21 heavy (non-hydrogen) atoms. The number of hydrogen-bond acceptors (Lipinski definition) is 3. The van der Waals surface area contributed by atoms with Crippen LogP contribution >= 0.6 is 11.6 Å². The lowest BCUT2D eigenvalue weighted by Crippen LogP contribution is -2.13. The molecule has 0 saturated heterocycles. The standard InChI is InChI=1S/C16H15ClN2O2/c1-9-11(4-3-5-12(9)17)15(18)10-6-7-13-14(8-10)21-16(20)19(13)2/h3-8,15H,18H2,1-2H3. The van der Waals surface area contributed by atoms with Gasteiger partial charge in [-0.2, -0.15) is 0 Å². The summed E-state index contributed by atoms with van der Waals surface area (Å²) < 4.78 is 6.67. The van der Waals surface area contributed by atoms with Gasteiger partial charge >= 0.3 is 5.76 Å². The van der Waals surface area contributed by atoms with Crippen molar-refractivity contribution in [2.75, 3.05) is 0 Å². The summed E-state index contributed by atoms with van der Waals surface area (Å²) >= 11 is 6.15. The highest BCUT2D eigenvalue weighted by Crippen LogP contribution is 2.28. The van der Waals surface area contributed by atoms with E-state index >= 15 is 0 Å². The Morgan fingerprint density at radius 2 is 2.05 bits per heavy atom. The van der Waals surface area contributed by atoms with Crippen LogP contribution in [-0.2, 0) is 7.05 Å². The predicted octanol–water partition coefficient (Wildman–Crippen LogP) is 3.14. The van der Waals surface area contributed by atoms with Crippen LogP contribution in [0, 0.1) is 6.92 Å². The van der Waals surface area contributed by atoms with Gasteiger partial charge in [0.15, 0.2) is 5.58 Å². The van der Waals surface area contributed by atoms with Crippen LogP contribution in [0.5, 0.6) is 0 Å². The van der Waals surface area contributed by atoms with Crippen molar-refractivity contribution in [2.24, 2.45) is 12.8 Å². The zero-order valence-electron chi connectivity index (χ0n) is 11.8. The molecule has 3 aromatic rings. The Labute approximate surface area is 126 Å². The third-order valence-corrected chi connectivity index (χ3v) is 4.23. The van der Waals surface area contributed by atoms with Crippen LogP contribution in [0.15, 0.2) is 45.6 Å². The molecule has 0 spiro atoms. The minimum Gasteiger partial charge on any atom is -0.408 e. The van der Waals surface area contributed by atoms with Crippen molar-refractivity contribution in [3.63, 3.8) is 0 Å². The van der Waals surface area contributed by atoms with E-state index in [-0.39, 0.29) is 11.8 Å². The minimum atomic E-state index is -0.380. The molecule has 0 aliphatic carbocycles. The molecule has 0 fully saturated rings. The molecule has 108 valence electrons. The topological polar surface area (TPSA) is 61.2 Å². The lowest BCUT2D eigenvalue weighted by Gasteiger charge is -2.16. The highest BCUT2D eigenvalue weighted by Gasteiger charge is 2.15. The maximum Gasteiger partial charge on any atom is 0.419 e. The van der Waals surface area contributed by atoms with Crippen molar-refractivity contribution < 1.29 is 4.42 Å². The molecule has 1 unspecified atom stereocenters.